The van der Waals surface area contributed by atoms with Crippen molar-refractivity contribution in [2.45, 2.75) is 12.4 Å². The van der Waals surface area contributed by atoms with Crippen molar-refractivity contribution in [3.8, 4) is 0 Å². The quantitative estimate of drug-likeness (QED) is 0.677. The lowest BCUT2D eigenvalue weighted by Crippen LogP contribution is -2.23. The van der Waals surface area contributed by atoms with Crippen LogP contribution in [0, 0.1) is 0 Å². The Morgan fingerprint density at radius 1 is 0.923 bits per heavy atom. The Bertz CT molecular complexity index is 787. The Kier molecular flexibility index (Phi) is 5.70. The van der Waals surface area contributed by atoms with Crippen LogP contribution in [0.2, 0.25) is 5.02 Å². The molecule has 0 radical (unpaired) electrons. The van der Waals surface area contributed by atoms with E-state index >= 15 is 0 Å². The first-order valence-electron chi connectivity index (χ1n) is 7.04. The summed E-state index contributed by atoms with van der Waals surface area (Å²) in [7, 11) is 0. The van der Waals surface area contributed by atoms with Crippen molar-refractivity contribution in [2.24, 2.45) is 0 Å². The molecule has 3 nitrogen and oxygen atoms in total. The predicted octanol–water partition coefficient (Wildman–Crippen LogP) is 5.43. The van der Waals surface area contributed by atoms with Gasteiger partial charge in [-0.05, 0) is 42.5 Å². The molecule has 0 aliphatic heterocycles. The fraction of sp³-hybridized carbons (Fsp3) is 0.188. The molecule has 26 heavy (non-hydrogen) atoms. The molecule has 140 valence electrons. The molecule has 0 unspecified atom stereocenters. The molecule has 2 aromatic rings. The van der Waals surface area contributed by atoms with Crippen LogP contribution in [0.1, 0.15) is 11.1 Å². The van der Waals surface area contributed by atoms with Crippen LogP contribution in [0.25, 0.3) is 0 Å². The molecular formula is C16H11ClF6N2O. The highest BCUT2D eigenvalue weighted by molar-refractivity contribution is 6.30. The minimum Gasteiger partial charge on any atom is -0.376 e. The van der Waals surface area contributed by atoms with Gasteiger partial charge in [-0.1, -0.05) is 11.6 Å². The maximum absolute atomic E-state index is 12.9. The second kappa shape index (κ2) is 7.45. The summed E-state index contributed by atoms with van der Waals surface area (Å²) < 4.78 is 76.2. The summed E-state index contributed by atoms with van der Waals surface area (Å²) in [5.41, 5.74) is -2.18. The van der Waals surface area contributed by atoms with E-state index in [-0.39, 0.29) is 16.4 Å². The lowest BCUT2D eigenvalue weighted by molar-refractivity contribution is -0.138. The van der Waals surface area contributed by atoms with Crippen molar-refractivity contribution in [1.29, 1.82) is 0 Å². The van der Waals surface area contributed by atoms with Crippen molar-refractivity contribution >= 4 is 28.9 Å². The second-order valence-electron chi connectivity index (χ2n) is 5.16. The molecule has 2 aromatic carbocycles. The molecule has 0 fully saturated rings. The summed E-state index contributed by atoms with van der Waals surface area (Å²) in [5.74, 6) is -0.729. The summed E-state index contributed by atoms with van der Waals surface area (Å²) in [6.07, 6.45) is -9.18. The van der Waals surface area contributed by atoms with Crippen LogP contribution >= 0.6 is 11.6 Å². The smallest absolute Gasteiger partial charge is 0.376 e. The fourth-order valence-corrected chi connectivity index (χ4v) is 2.20. The van der Waals surface area contributed by atoms with Crippen LogP contribution in [-0.2, 0) is 17.1 Å². The third kappa shape index (κ3) is 5.29. The van der Waals surface area contributed by atoms with Gasteiger partial charge in [-0.15, -0.1) is 0 Å². The number of hydrogen-bond donors (Lipinski definition) is 2. The first-order valence-corrected chi connectivity index (χ1v) is 7.42. The van der Waals surface area contributed by atoms with Gasteiger partial charge in [-0.3, -0.25) is 4.79 Å². The maximum atomic E-state index is 12.9. The van der Waals surface area contributed by atoms with Crippen molar-refractivity contribution < 1.29 is 31.1 Å². The minimum absolute atomic E-state index is 0.0805. The number of alkyl halides is 6. The SMILES string of the molecule is O=C(CNc1ccc(Cl)cc1C(F)(F)F)Nc1ccc(C(F)(F)F)cc1. The van der Waals surface area contributed by atoms with Crippen molar-refractivity contribution in [3.63, 3.8) is 0 Å². The number of nitrogens with one attached hydrogen (secondary N) is 2. The molecule has 0 aromatic heterocycles. The summed E-state index contributed by atoms with van der Waals surface area (Å²) in [4.78, 5) is 11.8. The first-order chi connectivity index (χ1) is 12.0. The Balaban J connectivity index is 2.02. The number of benzene rings is 2. The minimum atomic E-state index is -4.67. The van der Waals surface area contributed by atoms with Gasteiger partial charge in [-0.2, -0.15) is 26.3 Å². The third-order valence-electron chi connectivity index (χ3n) is 3.22. The first kappa shape index (κ1) is 19.9. The lowest BCUT2D eigenvalue weighted by Gasteiger charge is -2.15. The number of rotatable bonds is 4. The highest BCUT2D eigenvalue weighted by atomic mass is 35.5. The Morgan fingerprint density at radius 2 is 1.54 bits per heavy atom. The van der Waals surface area contributed by atoms with Crippen LogP contribution in [0.3, 0.4) is 0 Å². The number of carbonyl (C=O) groups is 1. The number of anilines is 2. The normalized spacial score (nSPS) is 12.0. The predicted molar refractivity (Wildman–Crippen MR) is 85.0 cm³/mol. The van der Waals surface area contributed by atoms with Crippen LogP contribution < -0.4 is 10.6 Å². The zero-order valence-corrected chi connectivity index (χ0v) is 13.6. The average molecular weight is 397 g/mol. The van der Waals surface area contributed by atoms with Crippen molar-refractivity contribution in [2.75, 3.05) is 17.2 Å². The number of carbonyl (C=O) groups excluding carboxylic acids is 1. The van der Waals surface area contributed by atoms with Gasteiger partial charge in [0.15, 0.2) is 0 Å². The standard InChI is InChI=1S/C16H11ClF6N2O/c17-10-3-6-13(12(7-10)16(21,22)23)24-8-14(26)25-11-4-1-9(2-5-11)15(18,19)20/h1-7,24H,8H2,(H,25,26). The van der Waals surface area contributed by atoms with Crippen molar-refractivity contribution in [1.82, 2.24) is 0 Å². The highest BCUT2D eigenvalue weighted by Gasteiger charge is 2.34. The van der Waals surface area contributed by atoms with E-state index in [1.807, 2.05) is 0 Å². The monoisotopic (exact) mass is 396 g/mol. The molecule has 0 aliphatic carbocycles. The molecule has 0 saturated carbocycles. The Morgan fingerprint density at radius 3 is 2.08 bits per heavy atom. The summed E-state index contributed by atoms with van der Waals surface area (Å²) in [6, 6.07) is 6.68. The van der Waals surface area contributed by atoms with Gasteiger partial charge in [-0.25, -0.2) is 0 Å². The highest BCUT2D eigenvalue weighted by Crippen LogP contribution is 2.36. The molecule has 0 saturated heterocycles. The van der Waals surface area contributed by atoms with Crippen molar-refractivity contribution in [3.05, 3.63) is 58.6 Å². The second-order valence-corrected chi connectivity index (χ2v) is 5.60. The number of hydrogen-bond acceptors (Lipinski definition) is 2. The van der Waals surface area contributed by atoms with E-state index < -0.39 is 35.9 Å². The molecule has 10 heteroatoms. The number of halogens is 7. The van der Waals surface area contributed by atoms with Gasteiger partial charge < -0.3 is 10.6 Å². The molecule has 2 rings (SSSR count). The van der Waals surface area contributed by atoms with E-state index in [4.69, 9.17) is 11.6 Å². The maximum Gasteiger partial charge on any atom is 0.418 e. The zero-order valence-electron chi connectivity index (χ0n) is 12.8. The van der Waals surface area contributed by atoms with Gasteiger partial charge in [0.05, 0.1) is 17.7 Å². The van der Waals surface area contributed by atoms with E-state index in [2.05, 4.69) is 10.6 Å². The largest absolute Gasteiger partial charge is 0.418 e. The van der Waals surface area contributed by atoms with Crippen LogP contribution in [0.5, 0.6) is 0 Å². The van der Waals surface area contributed by atoms with E-state index in [0.29, 0.717) is 0 Å². The third-order valence-corrected chi connectivity index (χ3v) is 3.46. The van der Waals surface area contributed by atoms with E-state index in [1.165, 1.54) is 6.07 Å². The van der Waals surface area contributed by atoms with E-state index in [1.54, 1.807) is 0 Å². The molecule has 0 heterocycles. The van der Waals surface area contributed by atoms with Gasteiger partial charge in [0.25, 0.3) is 0 Å². The van der Waals surface area contributed by atoms with Gasteiger partial charge in [0.1, 0.15) is 0 Å². The Labute approximate surface area is 149 Å². The number of amides is 1. The fourth-order valence-electron chi connectivity index (χ4n) is 2.03. The molecule has 2 N–H and O–H groups in total. The van der Waals surface area contributed by atoms with E-state index in [0.717, 1.165) is 36.4 Å². The average Bonchev–Trinajstić information content (AvgIpc) is 2.52. The molecular weight excluding hydrogens is 386 g/mol. The molecule has 0 aliphatic rings. The van der Waals surface area contributed by atoms with Crippen LogP contribution in [0.15, 0.2) is 42.5 Å². The topological polar surface area (TPSA) is 41.1 Å². The summed E-state index contributed by atoms with van der Waals surface area (Å²) in [5, 5.41) is 4.50. The Hall–Kier alpha value is -2.42. The van der Waals surface area contributed by atoms with Crippen LogP contribution in [-0.4, -0.2) is 12.5 Å². The summed E-state index contributed by atoms with van der Waals surface area (Å²) >= 11 is 5.55. The molecule has 0 spiro atoms. The van der Waals surface area contributed by atoms with Gasteiger partial charge in [0, 0.05) is 16.4 Å². The van der Waals surface area contributed by atoms with Crippen LogP contribution in [0.4, 0.5) is 37.7 Å². The summed E-state index contributed by atoms with van der Waals surface area (Å²) in [6.45, 7) is -0.522. The molecule has 0 bridgehead atoms. The zero-order chi connectivity index (χ0) is 19.5. The van der Waals surface area contributed by atoms with Gasteiger partial charge >= 0.3 is 12.4 Å². The van der Waals surface area contributed by atoms with E-state index in [9.17, 15) is 31.1 Å². The van der Waals surface area contributed by atoms with Gasteiger partial charge in [0.2, 0.25) is 5.91 Å². The molecule has 0 atom stereocenters. The molecule has 1 amide bonds. The lowest BCUT2D eigenvalue weighted by atomic mass is 10.1.